The second-order valence-electron chi connectivity index (χ2n) is 3.67. The topological polar surface area (TPSA) is 26.0 Å². The van der Waals surface area contributed by atoms with Crippen LogP contribution in [0.2, 0.25) is 0 Å². The zero-order chi connectivity index (χ0) is 12.4. The van der Waals surface area contributed by atoms with E-state index in [2.05, 4.69) is 0 Å². The molecule has 0 amide bonds. The molecule has 0 atom stereocenters. The summed E-state index contributed by atoms with van der Waals surface area (Å²) < 4.78 is 39.5. The van der Waals surface area contributed by atoms with Crippen LogP contribution in [0.25, 0.3) is 11.1 Å². The summed E-state index contributed by atoms with van der Waals surface area (Å²) in [5.41, 5.74) is 6.41. The van der Waals surface area contributed by atoms with E-state index in [1.165, 1.54) is 12.1 Å². The summed E-state index contributed by atoms with van der Waals surface area (Å²) in [4.78, 5) is 0. The summed E-state index contributed by atoms with van der Waals surface area (Å²) >= 11 is 0. The zero-order valence-corrected chi connectivity index (χ0v) is 8.88. The third-order valence-electron chi connectivity index (χ3n) is 2.47. The van der Waals surface area contributed by atoms with Gasteiger partial charge in [-0.1, -0.05) is 12.1 Å². The summed E-state index contributed by atoms with van der Waals surface area (Å²) in [5.74, 6) is -1.86. The lowest BCUT2D eigenvalue weighted by atomic mass is 10.0. The molecule has 0 aromatic heterocycles. The highest BCUT2D eigenvalue weighted by molar-refractivity contribution is 5.64. The van der Waals surface area contributed by atoms with Crippen LogP contribution in [0, 0.1) is 17.5 Å². The van der Waals surface area contributed by atoms with E-state index in [-0.39, 0.29) is 6.54 Å². The minimum atomic E-state index is -0.691. The molecule has 0 saturated heterocycles. The number of hydrogen-bond acceptors (Lipinski definition) is 1. The van der Waals surface area contributed by atoms with Crippen LogP contribution in [0.5, 0.6) is 0 Å². The van der Waals surface area contributed by atoms with E-state index in [9.17, 15) is 13.2 Å². The van der Waals surface area contributed by atoms with E-state index in [0.717, 1.165) is 18.2 Å². The molecule has 0 aliphatic rings. The second-order valence-corrected chi connectivity index (χ2v) is 3.67. The lowest BCUT2D eigenvalue weighted by molar-refractivity contribution is 0.584. The van der Waals surface area contributed by atoms with Gasteiger partial charge in [-0.3, -0.25) is 0 Å². The molecule has 0 bridgehead atoms. The van der Waals surface area contributed by atoms with E-state index in [1.807, 2.05) is 0 Å². The minimum Gasteiger partial charge on any atom is -0.326 e. The summed E-state index contributed by atoms with van der Waals surface area (Å²) in [6, 6.07) is 7.39. The Morgan fingerprint density at radius 3 is 2.00 bits per heavy atom. The molecule has 4 heteroatoms. The van der Waals surface area contributed by atoms with Crippen molar-refractivity contribution in [3.05, 3.63) is 59.4 Å². The molecule has 0 aliphatic carbocycles. The Balaban J connectivity index is 2.49. The van der Waals surface area contributed by atoms with Gasteiger partial charge in [0, 0.05) is 18.2 Å². The van der Waals surface area contributed by atoms with Crippen molar-refractivity contribution in [1.29, 1.82) is 0 Å². The number of rotatable bonds is 2. The van der Waals surface area contributed by atoms with E-state index < -0.39 is 17.5 Å². The van der Waals surface area contributed by atoms with Crippen molar-refractivity contribution in [2.45, 2.75) is 6.54 Å². The Morgan fingerprint density at radius 1 is 0.824 bits per heavy atom. The predicted molar refractivity (Wildman–Crippen MR) is 59.6 cm³/mol. The Hall–Kier alpha value is -1.81. The first-order valence-corrected chi connectivity index (χ1v) is 5.05. The van der Waals surface area contributed by atoms with Crippen LogP contribution in [-0.4, -0.2) is 0 Å². The lowest BCUT2D eigenvalue weighted by Gasteiger charge is -2.05. The van der Waals surface area contributed by atoms with Crippen LogP contribution in [0.3, 0.4) is 0 Å². The maximum Gasteiger partial charge on any atom is 0.128 e. The van der Waals surface area contributed by atoms with E-state index >= 15 is 0 Å². The van der Waals surface area contributed by atoms with E-state index in [0.29, 0.717) is 16.7 Å². The third kappa shape index (κ3) is 2.47. The molecule has 0 unspecified atom stereocenters. The summed E-state index contributed by atoms with van der Waals surface area (Å²) in [7, 11) is 0. The molecular weight excluding hydrogens is 227 g/mol. The highest BCUT2D eigenvalue weighted by atomic mass is 19.1. The maximum atomic E-state index is 13.5. The van der Waals surface area contributed by atoms with E-state index in [4.69, 9.17) is 5.73 Å². The van der Waals surface area contributed by atoms with Gasteiger partial charge in [-0.15, -0.1) is 0 Å². The quantitative estimate of drug-likeness (QED) is 0.852. The molecule has 2 aromatic rings. The Labute approximate surface area is 96.7 Å². The predicted octanol–water partition coefficient (Wildman–Crippen LogP) is 3.23. The van der Waals surface area contributed by atoms with Crippen molar-refractivity contribution < 1.29 is 13.2 Å². The van der Waals surface area contributed by atoms with Gasteiger partial charge in [0.25, 0.3) is 0 Å². The van der Waals surface area contributed by atoms with Gasteiger partial charge in [0.1, 0.15) is 17.5 Å². The fraction of sp³-hybridized carbons (Fsp3) is 0.0769. The Morgan fingerprint density at radius 2 is 1.47 bits per heavy atom. The van der Waals surface area contributed by atoms with Crippen LogP contribution < -0.4 is 5.73 Å². The number of hydrogen-bond donors (Lipinski definition) is 1. The number of benzene rings is 2. The Kier molecular flexibility index (Phi) is 3.15. The van der Waals surface area contributed by atoms with Crippen molar-refractivity contribution in [3.63, 3.8) is 0 Å². The molecule has 17 heavy (non-hydrogen) atoms. The highest BCUT2D eigenvalue weighted by Crippen LogP contribution is 2.23. The summed E-state index contributed by atoms with van der Waals surface area (Å²) in [5, 5.41) is 0. The van der Waals surface area contributed by atoms with Gasteiger partial charge in [-0.25, -0.2) is 13.2 Å². The molecule has 0 spiro atoms. The van der Waals surface area contributed by atoms with Crippen molar-refractivity contribution in [2.75, 3.05) is 0 Å². The minimum absolute atomic E-state index is 0.0869. The second kappa shape index (κ2) is 4.59. The smallest absolute Gasteiger partial charge is 0.128 e. The average Bonchev–Trinajstić information content (AvgIpc) is 2.27. The molecule has 0 saturated carbocycles. The fourth-order valence-corrected chi connectivity index (χ4v) is 1.61. The monoisotopic (exact) mass is 237 g/mol. The SMILES string of the molecule is NCc1ccc(-c2cc(F)cc(F)c2)cc1F. The number of nitrogens with two attached hydrogens (primary N) is 1. The van der Waals surface area contributed by atoms with Gasteiger partial charge < -0.3 is 5.73 Å². The molecule has 88 valence electrons. The molecule has 2 aromatic carbocycles. The normalized spacial score (nSPS) is 10.6. The average molecular weight is 237 g/mol. The molecule has 0 fully saturated rings. The van der Waals surface area contributed by atoms with Gasteiger partial charge in [0.2, 0.25) is 0 Å². The van der Waals surface area contributed by atoms with Crippen LogP contribution in [0.15, 0.2) is 36.4 Å². The standard InChI is InChI=1S/C13H10F3N/c14-11-3-10(4-12(15)6-11)8-1-2-9(7-17)13(16)5-8/h1-6H,7,17H2. The highest BCUT2D eigenvalue weighted by Gasteiger charge is 2.06. The van der Waals surface area contributed by atoms with Crippen LogP contribution in [0.4, 0.5) is 13.2 Å². The van der Waals surface area contributed by atoms with Gasteiger partial charge in [-0.2, -0.15) is 0 Å². The third-order valence-corrected chi connectivity index (χ3v) is 2.47. The van der Waals surface area contributed by atoms with Crippen molar-refractivity contribution in [2.24, 2.45) is 5.73 Å². The van der Waals surface area contributed by atoms with Crippen LogP contribution in [-0.2, 0) is 6.54 Å². The Bertz CT molecular complexity index is 532. The maximum absolute atomic E-state index is 13.5. The van der Waals surface area contributed by atoms with Gasteiger partial charge in [0.05, 0.1) is 0 Å². The molecule has 2 N–H and O–H groups in total. The van der Waals surface area contributed by atoms with Crippen LogP contribution >= 0.6 is 0 Å². The molecular formula is C13H10F3N. The first-order chi connectivity index (χ1) is 8.10. The molecule has 2 rings (SSSR count). The fourth-order valence-electron chi connectivity index (χ4n) is 1.61. The molecule has 1 nitrogen and oxygen atoms in total. The van der Waals surface area contributed by atoms with Crippen molar-refractivity contribution >= 4 is 0 Å². The van der Waals surface area contributed by atoms with Crippen LogP contribution in [0.1, 0.15) is 5.56 Å². The van der Waals surface area contributed by atoms with Crippen molar-refractivity contribution in [1.82, 2.24) is 0 Å². The molecule has 0 heterocycles. The molecule has 0 aliphatic heterocycles. The first-order valence-electron chi connectivity index (χ1n) is 5.05. The van der Waals surface area contributed by atoms with Crippen molar-refractivity contribution in [3.8, 4) is 11.1 Å². The van der Waals surface area contributed by atoms with Gasteiger partial charge in [0.15, 0.2) is 0 Å². The number of halogens is 3. The van der Waals surface area contributed by atoms with Gasteiger partial charge in [-0.05, 0) is 29.3 Å². The van der Waals surface area contributed by atoms with Gasteiger partial charge >= 0.3 is 0 Å². The zero-order valence-electron chi connectivity index (χ0n) is 8.88. The largest absolute Gasteiger partial charge is 0.326 e. The first kappa shape index (κ1) is 11.7. The molecule has 0 radical (unpaired) electrons. The summed E-state index contributed by atoms with van der Waals surface area (Å²) in [6.07, 6.45) is 0. The van der Waals surface area contributed by atoms with E-state index in [1.54, 1.807) is 6.07 Å². The summed E-state index contributed by atoms with van der Waals surface area (Å²) in [6.45, 7) is 0.0869. The lowest BCUT2D eigenvalue weighted by Crippen LogP contribution is -1.99.